The van der Waals surface area contributed by atoms with Crippen LogP contribution >= 0.6 is 0 Å². The van der Waals surface area contributed by atoms with E-state index in [1.807, 2.05) is 0 Å². The lowest BCUT2D eigenvalue weighted by atomic mass is 9.95. The molecule has 0 bridgehead atoms. The van der Waals surface area contributed by atoms with Gasteiger partial charge in [-0.05, 0) is 25.2 Å². The van der Waals surface area contributed by atoms with Crippen LogP contribution in [0.2, 0.25) is 0 Å². The second-order valence-corrected chi connectivity index (χ2v) is 5.26. The van der Waals surface area contributed by atoms with Gasteiger partial charge >= 0.3 is 0 Å². The van der Waals surface area contributed by atoms with Crippen molar-refractivity contribution in [2.75, 3.05) is 0 Å². The van der Waals surface area contributed by atoms with Gasteiger partial charge in [-0.1, -0.05) is 31.8 Å². The van der Waals surface area contributed by atoms with Gasteiger partial charge in [-0.3, -0.25) is 4.79 Å². The number of nitrogens with zero attached hydrogens (tertiary/aromatic N) is 1. The minimum absolute atomic E-state index is 0.00722. The van der Waals surface area contributed by atoms with Gasteiger partial charge in [0.25, 0.3) is 0 Å². The van der Waals surface area contributed by atoms with E-state index in [4.69, 9.17) is 10.9 Å². The number of hydrogen-bond donors (Lipinski definition) is 3. The molecule has 1 saturated carbocycles. The van der Waals surface area contributed by atoms with Gasteiger partial charge < -0.3 is 16.3 Å². The minimum Gasteiger partial charge on any atom is -0.409 e. The molecule has 0 heterocycles. The predicted molar refractivity (Wildman–Crippen MR) is 66.8 cm³/mol. The maximum Gasteiger partial charge on any atom is 0.220 e. The Morgan fingerprint density at radius 2 is 2.06 bits per heavy atom. The summed E-state index contributed by atoms with van der Waals surface area (Å²) in [5.74, 6) is 0.629. The third-order valence-electron chi connectivity index (χ3n) is 3.38. The molecule has 0 unspecified atom stereocenters. The van der Waals surface area contributed by atoms with E-state index in [0.29, 0.717) is 12.3 Å². The first-order valence-electron chi connectivity index (χ1n) is 6.29. The van der Waals surface area contributed by atoms with E-state index < -0.39 is 5.54 Å². The highest BCUT2D eigenvalue weighted by molar-refractivity contribution is 5.94. The lowest BCUT2D eigenvalue weighted by molar-refractivity contribution is -0.122. The van der Waals surface area contributed by atoms with Crippen molar-refractivity contribution in [2.24, 2.45) is 16.8 Å². The fourth-order valence-electron chi connectivity index (χ4n) is 2.27. The maximum atomic E-state index is 11.8. The molecule has 0 aromatic rings. The molecule has 98 valence electrons. The van der Waals surface area contributed by atoms with E-state index in [1.165, 1.54) is 0 Å². The second-order valence-electron chi connectivity index (χ2n) is 5.26. The highest BCUT2D eigenvalue weighted by Crippen LogP contribution is 2.30. The summed E-state index contributed by atoms with van der Waals surface area (Å²) in [6, 6.07) is 0. The molecule has 0 aromatic heterocycles. The molecule has 0 aliphatic heterocycles. The maximum absolute atomic E-state index is 11.8. The fourth-order valence-corrected chi connectivity index (χ4v) is 2.27. The predicted octanol–water partition coefficient (Wildman–Crippen LogP) is 1.60. The third-order valence-corrected chi connectivity index (χ3v) is 3.38. The Morgan fingerprint density at radius 3 is 2.53 bits per heavy atom. The zero-order valence-corrected chi connectivity index (χ0v) is 10.7. The number of nitrogens with one attached hydrogen (secondary N) is 1. The molecular weight excluding hydrogens is 218 g/mol. The van der Waals surface area contributed by atoms with Crippen LogP contribution in [0.3, 0.4) is 0 Å². The highest BCUT2D eigenvalue weighted by atomic mass is 16.4. The van der Waals surface area contributed by atoms with Crippen LogP contribution in [0, 0.1) is 5.92 Å². The summed E-state index contributed by atoms with van der Waals surface area (Å²) >= 11 is 0. The summed E-state index contributed by atoms with van der Waals surface area (Å²) in [6.07, 6.45) is 4.88. The molecule has 0 aromatic carbocycles. The molecule has 1 rings (SSSR count). The molecule has 4 N–H and O–H groups in total. The van der Waals surface area contributed by atoms with Crippen molar-refractivity contribution in [3.05, 3.63) is 0 Å². The van der Waals surface area contributed by atoms with Crippen LogP contribution in [-0.2, 0) is 4.79 Å². The third kappa shape index (κ3) is 3.61. The summed E-state index contributed by atoms with van der Waals surface area (Å²) in [5.41, 5.74) is 5.09. The van der Waals surface area contributed by atoms with Crippen LogP contribution in [0.5, 0.6) is 0 Å². The van der Waals surface area contributed by atoms with Gasteiger partial charge in [-0.2, -0.15) is 0 Å². The highest BCUT2D eigenvalue weighted by Gasteiger charge is 2.39. The smallest absolute Gasteiger partial charge is 0.220 e. The number of carbonyl (C=O) groups is 1. The number of rotatable bonds is 5. The molecule has 5 nitrogen and oxygen atoms in total. The summed E-state index contributed by atoms with van der Waals surface area (Å²) in [4.78, 5) is 11.8. The van der Waals surface area contributed by atoms with Gasteiger partial charge in [0.1, 0.15) is 5.54 Å². The monoisotopic (exact) mass is 241 g/mol. The van der Waals surface area contributed by atoms with Gasteiger partial charge in [-0.15, -0.1) is 0 Å². The number of oxime groups is 1. The minimum atomic E-state index is -0.608. The van der Waals surface area contributed by atoms with Crippen molar-refractivity contribution in [3.8, 4) is 0 Å². The normalized spacial score (nSPS) is 19.6. The van der Waals surface area contributed by atoms with Crippen molar-refractivity contribution < 1.29 is 10.0 Å². The van der Waals surface area contributed by atoms with Crippen molar-refractivity contribution in [3.63, 3.8) is 0 Å². The zero-order valence-electron chi connectivity index (χ0n) is 10.7. The zero-order chi connectivity index (χ0) is 12.9. The van der Waals surface area contributed by atoms with Crippen molar-refractivity contribution in [1.29, 1.82) is 0 Å². The molecule has 0 saturated heterocycles. The van der Waals surface area contributed by atoms with Crippen LogP contribution in [0.1, 0.15) is 52.4 Å². The second kappa shape index (κ2) is 5.89. The summed E-state index contributed by atoms with van der Waals surface area (Å²) in [6.45, 7) is 4.17. The van der Waals surface area contributed by atoms with E-state index in [2.05, 4.69) is 24.3 Å². The van der Waals surface area contributed by atoms with Crippen LogP contribution < -0.4 is 11.1 Å². The van der Waals surface area contributed by atoms with Crippen molar-refractivity contribution in [2.45, 2.75) is 57.9 Å². The number of hydrogen-bond acceptors (Lipinski definition) is 3. The Bertz CT molecular complexity index is 294. The van der Waals surface area contributed by atoms with E-state index in [-0.39, 0.29) is 11.7 Å². The number of nitrogens with two attached hydrogens (primary N) is 1. The van der Waals surface area contributed by atoms with E-state index >= 15 is 0 Å². The summed E-state index contributed by atoms with van der Waals surface area (Å²) < 4.78 is 0. The van der Waals surface area contributed by atoms with Crippen LogP contribution in [0.15, 0.2) is 5.16 Å². The van der Waals surface area contributed by atoms with Crippen LogP contribution in [-0.4, -0.2) is 22.5 Å². The summed E-state index contributed by atoms with van der Waals surface area (Å²) in [5, 5.41) is 14.8. The lowest BCUT2D eigenvalue weighted by Gasteiger charge is -2.28. The molecule has 1 fully saturated rings. The average Bonchev–Trinajstić information content (AvgIpc) is 2.75. The number of amidine groups is 1. The van der Waals surface area contributed by atoms with Gasteiger partial charge in [0.05, 0.1) is 0 Å². The van der Waals surface area contributed by atoms with Gasteiger partial charge in [0, 0.05) is 6.42 Å². The molecule has 1 aliphatic carbocycles. The van der Waals surface area contributed by atoms with Crippen molar-refractivity contribution in [1.82, 2.24) is 5.32 Å². The largest absolute Gasteiger partial charge is 0.409 e. The van der Waals surface area contributed by atoms with Gasteiger partial charge in [0.2, 0.25) is 5.91 Å². The summed E-state index contributed by atoms with van der Waals surface area (Å²) in [7, 11) is 0. The van der Waals surface area contributed by atoms with Gasteiger partial charge in [-0.25, -0.2) is 0 Å². The number of amides is 1. The quantitative estimate of drug-likeness (QED) is 0.296. The van der Waals surface area contributed by atoms with E-state index in [9.17, 15) is 4.79 Å². The molecule has 0 radical (unpaired) electrons. The van der Waals surface area contributed by atoms with Gasteiger partial charge in [0.15, 0.2) is 5.84 Å². The standard InChI is InChI=1S/C12H23N3O2/c1-9(2)5-6-10(16)14-12(11(13)15-17)7-3-4-8-12/h9,17H,3-8H2,1-2H3,(H2,13,15)(H,14,16). The lowest BCUT2D eigenvalue weighted by Crippen LogP contribution is -2.55. The Labute approximate surface area is 102 Å². The number of carbonyl (C=O) groups excluding carboxylic acids is 1. The molecule has 17 heavy (non-hydrogen) atoms. The first-order chi connectivity index (χ1) is 8.00. The topological polar surface area (TPSA) is 87.7 Å². The molecular formula is C12H23N3O2. The Kier molecular flexibility index (Phi) is 4.78. The molecule has 0 spiro atoms. The first kappa shape index (κ1) is 13.8. The van der Waals surface area contributed by atoms with Crippen molar-refractivity contribution >= 4 is 11.7 Å². The Balaban J connectivity index is 2.59. The SMILES string of the molecule is CC(C)CCC(=O)NC1(/C(N)=N/O)CCCC1. The van der Waals surface area contributed by atoms with E-state index in [1.54, 1.807) is 0 Å². The van der Waals surface area contributed by atoms with E-state index in [0.717, 1.165) is 32.1 Å². The molecule has 1 amide bonds. The van der Waals surface area contributed by atoms with Crippen LogP contribution in [0.4, 0.5) is 0 Å². The Hall–Kier alpha value is -1.26. The molecule has 1 aliphatic rings. The average molecular weight is 241 g/mol. The molecule has 5 heteroatoms. The first-order valence-corrected chi connectivity index (χ1v) is 6.29. The van der Waals surface area contributed by atoms with Crippen LogP contribution in [0.25, 0.3) is 0 Å². The Morgan fingerprint density at radius 1 is 1.47 bits per heavy atom. The fraction of sp³-hybridized carbons (Fsp3) is 0.833. The molecule has 0 atom stereocenters.